The van der Waals surface area contributed by atoms with Crippen LogP contribution in [0.25, 0.3) is 10.6 Å². The van der Waals surface area contributed by atoms with Gasteiger partial charge in [0.15, 0.2) is 0 Å². The van der Waals surface area contributed by atoms with Gasteiger partial charge in [-0.2, -0.15) is 18.3 Å². The van der Waals surface area contributed by atoms with E-state index >= 15 is 0 Å². The number of hydrogen-bond acceptors (Lipinski definition) is 3. The molecule has 8 heteroatoms. The number of halogens is 3. The zero-order chi connectivity index (χ0) is 18.2. The monoisotopic (exact) mass is 371 g/mol. The first-order valence-corrected chi connectivity index (χ1v) is 9.07. The summed E-state index contributed by atoms with van der Waals surface area (Å²) in [5.41, 5.74) is -0.567. The Morgan fingerprint density at radius 2 is 1.96 bits per heavy atom. The average Bonchev–Trinajstić information content (AvgIpc) is 3.20. The average molecular weight is 371 g/mol. The molecule has 0 spiro atoms. The second kappa shape index (κ2) is 6.82. The fourth-order valence-corrected chi connectivity index (χ4v) is 4.20. The summed E-state index contributed by atoms with van der Waals surface area (Å²) in [4.78, 5) is 15.5. The number of thiophene rings is 1. The SMILES string of the molecule is CN(C(=O)c1ccc(-c2cc(C(F)(F)F)n(C)n2)s1)C1CCCCC1. The molecule has 2 heterocycles. The van der Waals surface area contributed by atoms with E-state index in [-0.39, 0.29) is 17.6 Å². The molecule has 1 aliphatic carbocycles. The highest BCUT2D eigenvalue weighted by atomic mass is 32.1. The van der Waals surface area contributed by atoms with Crippen molar-refractivity contribution in [1.82, 2.24) is 14.7 Å². The molecule has 2 aromatic rings. The van der Waals surface area contributed by atoms with Crippen molar-refractivity contribution in [3.05, 3.63) is 28.8 Å². The first kappa shape index (κ1) is 18.0. The van der Waals surface area contributed by atoms with Crippen LogP contribution in [0, 0.1) is 0 Å². The van der Waals surface area contributed by atoms with Crippen molar-refractivity contribution in [3.8, 4) is 10.6 Å². The number of amides is 1. The number of nitrogens with zero attached hydrogens (tertiary/aromatic N) is 3. The van der Waals surface area contributed by atoms with Gasteiger partial charge in [-0.1, -0.05) is 19.3 Å². The van der Waals surface area contributed by atoms with Gasteiger partial charge in [-0.3, -0.25) is 9.48 Å². The molecule has 0 aliphatic heterocycles. The summed E-state index contributed by atoms with van der Waals surface area (Å²) in [7, 11) is 3.07. The molecule has 1 amide bonds. The van der Waals surface area contributed by atoms with Crippen LogP contribution in [0.4, 0.5) is 13.2 Å². The zero-order valence-electron chi connectivity index (χ0n) is 14.1. The standard InChI is InChI=1S/C17H20F3N3OS/c1-22(11-6-4-3-5-7-11)16(24)14-9-8-13(25-14)12-10-15(17(18,19)20)23(2)21-12/h8-11H,3-7H2,1-2H3. The van der Waals surface area contributed by atoms with Crippen LogP contribution in [0.3, 0.4) is 0 Å². The summed E-state index contributed by atoms with van der Waals surface area (Å²) in [6.45, 7) is 0. The van der Waals surface area contributed by atoms with E-state index in [1.54, 1.807) is 24.1 Å². The number of carbonyl (C=O) groups excluding carboxylic acids is 1. The highest BCUT2D eigenvalue weighted by Crippen LogP contribution is 2.34. The van der Waals surface area contributed by atoms with Crippen molar-refractivity contribution >= 4 is 17.2 Å². The van der Waals surface area contributed by atoms with Crippen LogP contribution in [-0.2, 0) is 13.2 Å². The summed E-state index contributed by atoms with van der Waals surface area (Å²) in [5.74, 6) is -0.0740. The molecule has 0 unspecified atom stereocenters. The van der Waals surface area contributed by atoms with E-state index in [2.05, 4.69) is 5.10 Å². The summed E-state index contributed by atoms with van der Waals surface area (Å²) >= 11 is 1.18. The Morgan fingerprint density at radius 3 is 2.56 bits per heavy atom. The largest absolute Gasteiger partial charge is 0.433 e. The van der Waals surface area contributed by atoms with E-state index in [1.165, 1.54) is 24.8 Å². The molecule has 0 bridgehead atoms. The summed E-state index contributed by atoms with van der Waals surface area (Å²) < 4.78 is 39.5. The maximum absolute atomic E-state index is 12.9. The second-order valence-electron chi connectivity index (χ2n) is 6.41. The number of rotatable bonds is 3. The van der Waals surface area contributed by atoms with Gasteiger partial charge in [0.2, 0.25) is 0 Å². The van der Waals surface area contributed by atoms with Crippen molar-refractivity contribution in [2.24, 2.45) is 7.05 Å². The van der Waals surface area contributed by atoms with E-state index in [0.29, 0.717) is 9.75 Å². The smallest absolute Gasteiger partial charge is 0.338 e. The molecule has 1 fully saturated rings. The molecule has 0 radical (unpaired) electrons. The first-order valence-electron chi connectivity index (χ1n) is 8.26. The lowest BCUT2D eigenvalue weighted by Gasteiger charge is -2.30. The molecule has 4 nitrogen and oxygen atoms in total. The maximum atomic E-state index is 12.9. The number of alkyl halides is 3. The molecule has 0 N–H and O–H groups in total. The predicted octanol–water partition coefficient (Wildman–Crippen LogP) is 4.57. The molecule has 1 saturated carbocycles. The van der Waals surface area contributed by atoms with Gasteiger partial charge in [-0.25, -0.2) is 0 Å². The lowest BCUT2D eigenvalue weighted by Crippen LogP contribution is -2.37. The quantitative estimate of drug-likeness (QED) is 0.793. The molecular formula is C17H20F3N3OS. The Kier molecular flexibility index (Phi) is 4.90. The molecule has 136 valence electrons. The van der Waals surface area contributed by atoms with Gasteiger partial charge in [0, 0.05) is 20.1 Å². The summed E-state index contributed by atoms with van der Waals surface area (Å²) in [5, 5.41) is 3.94. The van der Waals surface area contributed by atoms with Gasteiger partial charge in [-0.05, 0) is 31.0 Å². The van der Waals surface area contributed by atoms with Crippen LogP contribution in [0.1, 0.15) is 47.5 Å². The lowest BCUT2D eigenvalue weighted by molar-refractivity contribution is -0.143. The minimum absolute atomic E-state index is 0.0740. The fourth-order valence-electron chi connectivity index (χ4n) is 3.25. The van der Waals surface area contributed by atoms with Gasteiger partial charge in [0.25, 0.3) is 5.91 Å². The van der Waals surface area contributed by atoms with Crippen molar-refractivity contribution in [1.29, 1.82) is 0 Å². The van der Waals surface area contributed by atoms with Gasteiger partial charge < -0.3 is 4.90 Å². The van der Waals surface area contributed by atoms with Gasteiger partial charge in [0.05, 0.1) is 9.75 Å². The van der Waals surface area contributed by atoms with Crippen LogP contribution >= 0.6 is 11.3 Å². The van der Waals surface area contributed by atoms with E-state index < -0.39 is 11.9 Å². The van der Waals surface area contributed by atoms with E-state index in [9.17, 15) is 18.0 Å². The maximum Gasteiger partial charge on any atom is 0.433 e. The normalized spacial score (nSPS) is 16.2. The van der Waals surface area contributed by atoms with Gasteiger partial charge in [0.1, 0.15) is 11.4 Å². The van der Waals surface area contributed by atoms with Crippen molar-refractivity contribution in [2.75, 3.05) is 7.05 Å². The Labute approximate surface area is 148 Å². The van der Waals surface area contributed by atoms with Crippen LogP contribution in [0.15, 0.2) is 18.2 Å². The lowest BCUT2D eigenvalue weighted by atomic mass is 9.94. The van der Waals surface area contributed by atoms with Crippen molar-refractivity contribution < 1.29 is 18.0 Å². The Morgan fingerprint density at radius 1 is 1.28 bits per heavy atom. The summed E-state index contributed by atoms with van der Waals surface area (Å²) in [6.07, 6.45) is 1.05. The van der Waals surface area contributed by atoms with E-state index in [1.807, 2.05) is 0 Å². The zero-order valence-corrected chi connectivity index (χ0v) is 15.0. The van der Waals surface area contributed by atoms with Crippen LogP contribution in [0.5, 0.6) is 0 Å². The van der Waals surface area contributed by atoms with Crippen molar-refractivity contribution in [3.63, 3.8) is 0 Å². The number of hydrogen-bond donors (Lipinski definition) is 0. The molecule has 3 rings (SSSR count). The molecule has 1 aliphatic rings. The molecule has 0 atom stereocenters. The third-order valence-corrected chi connectivity index (χ3v) is 5.78. The third-order valence-electron chi connectivity index (χ3n) is 4.68. The van der Waals surface area contributed by atoms with Crippen molar-refractivity contribution in [2.45, 2.75) is 44.3 Å². The number of aromatic nitrogens is 2. The van der Waals surface area contributed by atoms with Gasteiger partial charge >= 0.3 is 6.18 Å². The minimum Gasteiger partial charge on any atom is -0.338 e. The van der Waals surface area contributed by atoms with E-state index in [4.69, 9.17) is 0 Å². The van der Waals surface area contributed by atoms with E-state index in [0.717, 1.165) is 36.4 Å². The summed E-state index contributed by atoms with van der Waals surface area (Å²) in [6, 6.07) is 4.60. The highest BCUT2D eigenvalue weighted by molar-refractivity contribution is 7.17. The Balaban J connectivity index is 1.79. The van der Waals surface area contributed by atoms with Crippen LogP contribution in [0.2, 0.25) is 0 Å². The van der Waals surface area contributed by atoms with Crippen LogP contribution < -0.4 is 0 Å². The highest BCUT2D eigenvalue weighted by Gasteiger charge is 2.35. The second-order valence-corrected chi connectivity index (χ2v) is 7.49. The minimum atomic E-state index is -4.45. The van der Waals surface area contributed by atoms with Crippen LogP contribution in [-0.4, -0.2) is 33.7 Å². The third kappa shape index (κ3) is 3.73. The fraction of sp³-hybridized carbons (Fsp3) is 0.529. The number of carbonyl (C=O) groups is 1. The molecule has 25 heavy (non-hydrogen) atoms. The molecule has 0 aromatic carbocycles. The molecular weight excluding hydrogens is 351 g/mol. The first-order chi connectivity index (χ1) is 11.8. The topological polar surface area (TPSA) is 38.1 Å². The van der Waals surface area contributed by atoms with Gasteiger partial charge in [-0.15, -0.1) is 11.3 Å². The Bertz CT molecular complexity index is 760. The number of aryl methyl sites for hydroxylation is 1. The molecule has 2 aromatic heterocycles. The molecule has 0 saturated heterocycles. The predicted molar refractivity (Wildman–Crippen MR) is 90.5 cm³/mol. The Hall–Kier alpha value is -1.83.